The van der Waals surface area contributed by atoms with Crippen LogP contribution in [0.3, 0.4) is 0 Å². The number of halogens is 2. The molecule has 31 heavy (non-hydrogen) atoms. The third kappa shape index (κ3) is 4.57. The average molecular weight is 479 g/mol. The quantitative estimate of drug-likeness (QED) is 0.319. The molecule has 0 bridgehead atoms. The van der Waals surface area contributed by atoms with Crippen LogP contribution in [-0.2, 0) is 10.0 Å². The topological polar surface area (TPSA) is 133 Å². The summed E-state index contributed by atoms with van der Waals surface area (Å²) in [7, 11) is -3.93. The van der Waals surface area contributed by atoms with E-state index in [1.807, 2.05) is 0 Å². The van der Waals surface area contributed by atoms with Gasteiger partial charge in [-0.05, 0) is 42.5 Å². The Kier molecular flexibility index (Phi) is 5.96. The van der Waals surface area contributed by atoms with Crippen molar-refractivity contribution < 1.29 is 13.5 Å². The Hall–Kier alpha value is -2.92. The molecule has 2 aromatic carbocycles. The van der Waals surface area contributed by atoms with Crippen molar-refractivity contribution in [1.29, 1.82) is 0 Å². The van der Waals surface area contributed by atoms with Gasteiger partial charge in [-0.2, -0.15) is 5.10 Å². The summed E-state index contributed by atoms with van der Waals surface area (Å²) in [6, 6.07) is 10.8. The summed E-state index contributed by atoms with van der Waals surface area (Å²) >= 11 is 11.9. The first-order valence-corrected chi connectivity index (χ1v) is 11.3. The SMILES string of the molecule is O=S(=O)(Nc1ccc(-c2nc(NCCO)c3cn[nH]c3n2)cc1)c1cc(Cl)ccc1Cl. The number of aromatic nitrogens is 4. The number of rotatable bonds is 7. The van der Waals surface area contributed by atoms with Crippen LogP contribution in [0.15, 0.2) is 53.6 Å². The normalized spacial score (nSPS) is 11.6. The number of hydrogen-bond acceptors (Lipinski definition) is 7. The monoisotopic (exact) mass is 478 g/mol. The lowest BCUT2D eigenvalue weighted by atomic mass is 10.2. The van der Waals surface area contributed by atoms with Gasteiger partial charge in [-0.25, -0.2) is 18.4 Å². The van der Waals surface area contributed by atoms with Crippen molar-refractivity contribution in [3.63, 3.8) is 0 Å². The van der Waals surface area contributed by atoms with Crippen LogP contribution in [0.4, 0.5) is 11.5 Å². The molecule has 0 saturated heterocycles. The largest absolute Gasteiger partial charge is 0.395 e. The predicted molar refractivity (Wildman–Crippen MR) is 120 cm³/mol. The van der Waals surface area contributed by atoms with E-state index in [0.29, 0.717) is 40.5 Å². The lowest BCUT2D eigenvalue weighted by molar-refractivity contribution is 0.311. The lowest BCUT2D eigenvalue weighted by Crippen LogP contribution is -2.13. The fourth-order valence-electron chi connectivity index (χ4n) is 2.85. The summed E-state index contributed by atoms with van der Waals surface area (Å²) in [5, 5.41) is 19.9. The van der Waals surface area contributed by atoms with E-state index in [2.05, 4.69) is 30.2 Å². The fourth-order valence-corrected chi connectivity index (χ4v) is 4.68. The third-order valence-electron chi connectivity index (χ3n) is 4.29. The van der Waals surface area contributed by atoms with Crippen molar-refractivity contribution in [3.8, 4) is 11.4 Å². The maximum Gasteiger partial charge on any atom is 0.263 e. The minimum atomic E-state index is -3.93. The molecule has 12 heteroatoms. The predicted octanol–water partition coefficient (Wildman–Crippen LogP) is 3.53. The number of aromatic amines is 1. The average Bonchev–Trinajstić information content (AvgIpc) is 3.23. The smallest absolute Gasteiger partial charge is 0.263 e. The second kappa shape index (κ2) is 8.67. The number of anilines is 2. The Morgan fingerprint density at radius 2 is 1.84 bits per heavy atom. The summed E-state index contributed by atoms with van der Waals surface area (Å²) < 4.78 is 27.8. The van der Waals surface area contributed by atoms with E-state index in [0.717, 1.165) is 0 Å². The molecular formula is C19H16Cl2N6O3S. The number of fused-ring (bicyclic) bond motifs is 1. The number of aliphatic hydroxyl groups is 1. The van der Waals surface area contributed by atoms with Gasteiger partial charge in [0.25, 0.3) is 10.0 Å². The molecule has 2 heterocycles. The number of aliphatic hydroxyl groups excluding tert-OH is 1. The van der Waals surface area contributed by atoms with Crippen molar-refractivity contribution in [3.05, 3.63) is 58.7 Å². The summed E-state index contributed by atoms with van der Waals surface area (Å²) in [5.74, 6) is 0.938. The van der Waals surface area contributed by atoms with Crippen LogP contribution >= 0.6 is 23.2 Å². The molecule has 4 rings (SSSR count). The molecule has 0 unspecified atom stereocenters. The molecule has 0 aliphatic rings. The second-order valence-electron chi connectivity index (χ2n) is 6.44. The van der Waals surface area contributed by atoms with E-state index < -0.39 is 10.0 Å². The molecule has 0 radical (unpaired) electrons. The first kappa shape index (κ1) is 21.3. The van der Waals surface area contributed by atoms with Gasteiger partial charge in [-0.15, -0.1) is 0 Å². The van der Waals surface area contributed by atoms with Crippen molar-refractivity contribution >= 4 is 55.8 Å². The van der Waals surface area contributed by atoms with Crippen LogP contribution in [-0.4, -0.2) is 46.8 Å². The number of nitrogens with zero attached hydrogens (tertiary/aromatic N) is 3. The van der Waals surface area contributed by atoms with Crippen LogP contribution in [0.5, 0.6) is 0 Å². The molecule has 0 aliphatic carbocycles. The summed E-state index contributed by atoms with van der Waals surface area (Å²) in [6.07, 6.45) is 1.59. The van der Waals surface area contributed by atoms with E-state index in [-0.39, 0.29) is 21.5 Å². The molecule has 4 N–H and O–H groups in total. The molecule has 0 atom stereocenters. The highest BCUT2D eigenvalue weighted by atomic mass is 35.5. The number of nitrogens with one attached hydrogen (secondary N) is 3. The number of hydrogen-bond donors (Lipinski definition) is 4. The molecule has 0 aliphatic heterocycles. The van der Waals surface area contributed by atoms with Crippen LogP contribution < -0.4 is 10.0 Å². The molecule has 160 valence electrons. The molecule has 0 saturated carbocycles. The van der Waals surface area contributed by atoms with Gasteiger partial charge in [-0.3, -0.25) is 9.82 Å². The van der Waals surface area contributed by atoms with E-state index in [9.17, 15) is 8.42 Å². The first-order valence-electron chi connectivity index (χ1n) is 9.01. The van der Waals surface area contributed by atoms with Gasteiger partial charge in [-0.1, -0.05) is 23.2 Å². The maximum atomic E-state index is 12.7. The van der Waals surface area contributed by atoms with Gasteiger partial charge >= 0.3 is 0 Å². The van der Waals surface area contributed by atoms with Crippen molar-refractivity contribution in [2.24, 2.45) is 0 Å². The van der Waals surface area contributed by atoms with Gasteiger partial charge < -0.3 is 10.4 Å². The van der Waals surface area contributed by atoms with Gasteiger partial charge in [0.2, 0.25) is 0 Å². The summed E-state index contributed by atoms with van der Waals surface area (Å²) in [6.45, 7) is 0.272. The Bertz CT molecular complexity index is 1340. The minimum absolute atomic E-state index is 0.0514. The van der Waals surface area contributed by atoms with E-state index in [4.69, 9.17) is 28.3 Å². The van der Waals surface area contributed by atoms with Gasteiger partial charge in [0.1, 0.15) is 10.7 Å². The highest BCUT2D eigenvalue weighted by Crippen LogP contribution is 2.28. The van der Waals surface area contributed by atoms with E-state index >= 15 is 0 Å². The van der Waals surface area contributed by atoms with E-state index in [1.165, 1.54) is 18.2 Å². The maximum absolute atomic E-state index is 12.7. The Balaban J connectivity index is 1.62. The van der Waals surface area contributed by atoms with Crippen molar-refractivity contribution in [2.75, 3.05) is 23.2 Å². The summed E-state index contributed by atoms with van der Waals surface area (Å²) in [4.78, 5) is 8.82. The van der Waals surface area contributed by atoms with Crippen molar-refractivity contribution in [2.45, 2.75) is 4.90 Å². The Labute approximate surface area is 187 Å². The zero-order valence-corrected chi connectivity index (χ0v) is 18.1. The van der Waals surface area contributed by atoms with Gasteiger partial charge in [0.05, 0.1) is 23.2 Å². The number of benzene rings is 2. The summed E-state index contributed by atoms with van der Waals surface area (Å²) in [5.41, 5.74) is 1.53. The van der Waals surface area contributed by atoms with Gasteiger partial charge in [0.15, 0.2) is 11.5 Å². The highest BCUT2D eigenvalue weighted by molar-refractivity contribution is 7.92. The second-order valence-corrected chi connectivity index (χ2v) is 8.93. The highest BCUT2D eigenvalue weighted by Gasteiger charge is 2.19. The van der Waals surface area contributed by atoms with Crippen LogP contribution in [0.25, 0.3) is 22.4 Å². The van der Waals surface area contributed by atoms with Crippen molar-refractivity contribution in [1.82, 2.24) is 20.2 Å². The molecule has 9 nitrogen and oxygen atoms in total. The Morgan fingerprint density at radius 1 is 1.06 bits per heavy atom. The van der Waals surface area contributed by atoms with Gasteiger partial charge in [0, 0.05) is 22.8 Å². The number of H-pyrrole nitrogens is 1. The molecule has 4 aromatic rings. The zero-order valence-electron chi connectivity index (χ0n) is 15.8. The molecule has 0 fully saturated rings. The molecule has 0 amide bonds. The van der Waals surface area contributed by atoms with E-state index in [1.54, 1.807) is 30.5 Å². The third-order valence-corrected chi connectivity index (χ3v) is 6.39. The lowest BCUT2D eigenvalue weighted by Gasteiger charge is -2.11. The fraction of sp³-hybridized carbons (Fsp3) is 0.105. The van der Waals surface area contributed by atoms with Crippen LogP contribution in [0, 0.1) is 0 Å². The van der Waals surface area contributed by atoms with Crippen LogP contribution in [0.2, 0.25) is 10.0 Å². The molecular weight excluding hydrogens is 463 g/mol. The number of sulfonamides is 1. The minimum Gasteiger partial charge on any atom is -0.395 e. The van der Waals surface area contributed by atoms with Crippen LogP contribution in [0.1, 0.15) is 0 Å². The zero-order chi connectivity index (χ0) is 22.0. The first-order chi connectivity index (χ1) is 14.9. The Morgan fingerprint density at radius 3 is 2.58 bits per heavy atom. The molecule has 2 aromatic heterocycles. The molecule has 0 spiro atoms. The standard InChI is InChI=1S/C19H16Cl2N6O3S/c20-12-3-6-15(21)16(9-12)31(29,30)27-13-4-1-11(2-5-13)17-24-18(22-7-8-28)14-10-23-26-19(14)25-17/h1-6,9-10,27-28H,7-8H2,(H2,22,23,24,25,26).